The molecule has 12 heteroatoms. The van der Waals surface area contributed by atoms with Gasteiger partial charge in [-0.3, -0.25) is 9.59 Å². The minimum Gasteiger partial charge on any atom is -0.451 e. The van der Waals surface area contributed by atoms with Gasteiger partial charge in [-0.2, -0.15) is 5.10 Å². The van der Waals surface area contributed by atoms with Crippen molar-refractivity contribution >= 4 is 36.3 Å². The van der Waals surface area contributed by atoms with Gasteiger partial charge in [0, 0.05) is 63.1 Å². The first-order valence-corrected chi connectivity index (χ1v) is 16.4. The summed E-state index contributed by atoms with van der Waals surface area (Å²) in [6, 6.07) is 5.57. The molecule has 0 atom stereocenters. The molecule has 0 saturated heterocycles. The fourth-order valence-electron chi connectivity index (χ4n) is 4.55. The topological polar surface area (TPSA) is 93.2 Å². The molecule has 0 amide bonds. The van der Waals surface area contributed by atoms with E-state index in [1.807, 2.05) is 0 Å². The second-order valence-corrected chi connectivity index (χ2v) is 16.5. The van der Waals surface area contributed by atoms with Crippen LogP contribution < -0.4 is 10.3 Å². The quantitative estimate of drug-likeness (QED) is 0.133. The highest BCUT2D eigenvalue weighted by Gasteiger charge is 2.24. The lowest BCUT2D eigenvalue weighted by Crippen LogP contribution is -2.23. The molecule has 9 nitrogen and oxygen atoms in total. The molecule has 5 rings (SSSR count). The molecule has 0 fully saturated rings. The number of imidazole rings is 1. The van der Waals surface area contributed by atoms with Gasteiger partial charge < -0.3 is 18.6 Å². The number of hydrogen-bond donors (Lipinski definition) is 0. The van der Waals surface area contributed by atoms with Crippen LogP contribution in [0.25, 0.3) is 33.1 Å². The molecule has 208 valence electrons. The van der Waals surface area contributed by atoms with Gasteiger partial charge in [-0.25, -0.2) is 18.4 Å². The van der Waals surface area contributed by atoms with Gasteiger partial charge in [-0.05, 0) is 24.2 Å². The number of rotatable bonds is 9. The number of ether oxygens (including phenoxy) is 2. The van der Waals surface area contributed by atoms with E-state index in [9.17, 15) is 18.4 Å². The van der Waals surface area contributed by atoms with Crippen LogP contribution in [-0.4, -0.2) is 44.9 Å². The molecule has 0 spiro atoms. The van der Waals surface area contributed by atoms with Gasteiger partial charge in [0.2, 0.25) is 0 Å². The Morgan fingerprint density at radius 1 is 1.05 bits per heavy atom. The summed E-state index contributed by atoms with van der Waals surface area (Å²) < 4.78 is 44.8. The van der Waals surface area contributed by atoms with E-state index in [1.54, 1.807) is 37.1 Å². The molecule has 0 aliphatic carbocycles. The monoisotopic (exact) mass is 565 g/mol. The SMILES string of the molecule is Cn1cc(-c2cc(C=O)c3c(ncn3C)c2Oc2ccc(F)cc2F)c2cnn(COCC[Si](C)(C)C)c2c1=O. The molecule has 0 N–H and O–H groups in total. The standard InChI is InChI=1S/C28H29F2N5O4Si/c1-33-13-21(20-12-32-35(26(20)28(33)37)16-38-8-9-40(3,4)5)19-10-17(14-36)25-24(31-15-34(25)2)27(19)39-23-7-6-18(29)11-22(23)30/h6-7,10-15H,8-9,16H2,1-5H3. The number of halogens is 2. The smallest absolute Gasteiger partial charge is 0.276 e. The lowest BCUT2D eigenvalue weighted by molar-refractivity contribution is 0.0815. The fraction of sp³-hybridized carbons (Fsp3) is 0.286. The molecule has 40 heavy (non-hydrogen) atoms. The van der Waals surface area contributed by atoms with Gasteiger partial charge in [0.1, 0.15) is 23.6 Å². The third kappa shape index (κ3) is 5.07. The average molecular weight is 566 g/mol. The predicted molar refractivity (Wildman–Crippen MR) is 151 cm³/mol. The Balaban J connectivity index is 1.70. The summed E-state index contributed by atoms with van der Waals surface area (Å²) in [5, 5.41) is 4.92. The Labute approximate surface area is 229 Å². The third-order valence-corrected chi connectivity index (χ3v) is 8.38. The van der Waals surface area contributed by atoms with Gasteiger partial charge in [0.05, 0.1) is 18.0 Å². The van der Waals surface area contributed by atoms with E-state index in [4.69, 9.17) is 9.47 Å². The molecular weight excluding hydrogens is 536 g/mol. The summed E-state index contributed by atoms with van der Waals surface area (Å²) in [4.78, 5) is 29.8. The number of hydrogen-bond acceptors (Lipinski definition) is 6. The van der Waals surface area contributed by atoms with Crippen molar-refractivity contribution in [3.8, 4) is 22.6 Å². The summed E-state index contributed by atoms with van der Waals surface area (Å²) in [6.45, 7) is 7.41. The summed E-state index contributed by atoms with van der Waals surface area (Å²) >= 11 is 0. The van der Waals surface area contributed by atoms with Crippen LogP contribution in [0.15, 0.2) is 47.8 Å². The molecule has 5 aromatic rings. The number of benzene rings is 2. The summed E-state index contributed by atoms with van der Waals surface area (Å²) in [5.74, 6) is -1.72. The predicted octanol–water partition coefficient (Wildman–Crippen LogP) is 5.48. The number of aldehydes is 1. The number of pyridine rings is 1. The van der Waals surface area contributed by atoms with Crippen molar-refractivity contribution < 1.29 is 23.0 Å². The number of fused-ring (bicyclic) bond motifs is 2. The minimum atomic E-state index is -1.30. The fourth-order valence-corrected chi connectivity index (χ4v) is 5.31. The van der Waals surface area contributed by atoms with Crippen molar-refractivity contribution in [3.63, 3.8) is 0 Å². The Morgan fingerprint density at radius 3 is 2.52 bits per heavy atom. The summed E-state index contributed by atoms with van der Waals surface area (Å²) in [6.07, 6.45) is 5.38. The Morgan fingerprint density at radius 2 is 1.82 bits per heavy atom. The van der Waals surface area contributed by atoms with E-state index in [1.165, 1.54) is 21.6 Å². The van der Waals surface area contributed by atoms with Crippen molar-refractivity contribution in [2.24, 2.45) is 14.1 Å². The van der Waals surface area contributed by atoms with Gasteiger partial charge in [-0.15, -0.1) is 0 Å². The molecule has 0 aliphatic rings. The number of nitrogens with zero attached hydrogens (tertiary/aromatic N) is 5. The van der Waals surface area contributed by atoms with Crippen molar-refractivity contribution in [1.82, 2.24) is 23.9 Å². The maximum Gasteiger partial charge on any atom is 0.276 e. The van der Waals surface area contributed by atoms with E-state index in [0.29, 0.717) is 51.5 Å². The number of carbonyl (C=O) groups excluding carboxylic acids is 1. The molecule has 2 aromatic carbocycles. The van der Waals surface area contributed by atoms with Gasteiger partial charge in [0.15, 0.2) is 23.6 Å². The van der Waals surface area contributed by atoms with Crippen LogP contribution in [0.4, 0.5) is 8.78 Å². The van der Waals surface area contributed by atoms with Gasteiger partial charge in [0.25, 0.3) is 5.56 Å². The van der Waals surface area contributed by atoms with Crippen LogP contribution >= 0.6 is 0 Å². The van der Waals surface area contributed by atoms with Crippen molar-refractivity contribution in [3.05, 3.63) is 70.5 Å². The molecule has 0 bridgehead atoms. The first-order valence-electron chi connectivity index (χ1n) is 12.7. The lowest BCUT2D eigenvalue weighted by atomic mass is 9.99. The van der Waals surface area contributed by atoms with E-state index >= 15 is 0 Å². The molecule has 3 heterocycles. The first kappa shape index (κ1) is 27.4. The lowest BCUT2D eigenvalue weighted by Gasteiger charge is -2.16. The van der Waals surface area contributed by atoms with Crippen molar-refractivity contribution in [2.75, 3.05) is 6.61 Å². The third-order valence-electron chi connectivity index (χ3n) is 6.68. The zero-order valence-electron chi connectivity index (χ0n) is 22.9. The second kappa shape index (κ2) is 10.4. The average Bonchev–Trinajstić information content (AvgIpc) is 3.49. The minimum absolute atomic E-state index is 0.0929. The largest absolute Gasteiger partial charge is 0.451 e. The number of aromatic nitrogens is 5. The maximum atomic E-state index is 14.7. The molecular formula is C28H29F2N5O4Si. The van der Waals surface area contributed by atoms with E-state index in [-0.39, 0.29) is 23.8 Å². The van der Waals surface area contributed by atoms with Crippen LogP contribution in [-0.2, 0) is 25.6 Å². The van der Waals surface area contributed by atoms with Crippen LogP contribution in [0.2, 0.25) is 25.7 Å². The Hall–Kier alpha value is -4.16. The zero-order valence-corrected chi connectivity index (χ0v) is 23.9. The molecule has 0 radical (unpaired) electrons. The van der Waals surface area contributed by atoms with E-state index in [0.717, 1.165) is 18.2 Å². The first-order chi connectivity index (χ1) is 19.0. The summed E-state index contributed by atoms with van der Waals surface area (Å²) in [7, 11) is 2.03. The highest BCUT2D eigenvalue weighted by molar-refractivity contribution is 6.76. The zero-order chi connectivity index (χ0) is 28.8. The molecule has 0 saturated carbocycles. The second-order valence-electron chi connectivity index (χ2n) is 10.9. The summed E-state index contributed by atoms with van der Waals surface area (Å²) in [5.41, 5.74) is 2.02. The molecule has 3 aromatic heterocycles. The molecule has 0 unspecified atom stereocenters. The van der Waals surface area contributed by atoms with Gasteiger partial charge >= 0.3 is 0 Å². The Bertz CT molecular complexity index is 1820. The molecule has 0 aliphatic heterocycles. The van der Waals surface area contributed by atoms with Crippen LogP contribution in [0, 0.1) is 11.6 Å². The van der Waals surface area contributed by atoms with Crippen molar-refractivity contribution in [1.29, 1.82) is 0 Å². The van der Waals surface area contributed by atoms with E-state index < -0.39 is 19.7 Å². The highest BCUT2D eigenvalue weighted by atomic mass is 28.3. The van der Waals surface area contributed by atoms with Crippen LogP contribution in [0.3, 0.4) is 0 Å². The number of carbonyl (C=O) groups is 1. The van der Waals surface area contributed by atoms with E-state index in [2.05, 4.69) is 29.7 Å². The van der Waals surface area contributed by atoms with Crippen LogP contribution in [0.1, 0.15) is 10.4 Å². The Kier molecular flexibility index (Phi) is 7.15. The van der Waals surface area contributed by atoms with Gasteiger partial charge in [-0.1, -0.05) is 19.6 Å². The highest BCUT2D eigenvalue weighted by Crippen LogP contribution is 2.42. The maximum absolute atomic E-state index is 14.7. The van der Waals surface area contributed by atoms with Crippen molar-refractivity contribution in [2.45, 2.75) is 32.4 Å². The normalized spacial score (nSPS) is 12.0. The number of aryl methyl sites for hydroxylation is 2. The van der Waals surface area contributed by atoms with Crippen LogP contribution in [0.5, 0.6) is 11.5 Å².